The number of carbonyl (C=O) groups excluding carboxylic acids is 2. The van der Waals surface area contributed by atoms with Crippen molar-refractivity contribution in [1.29, 1.82) is 0 Å². The Kier molecular flexibility index (Phi) is 5.60. The minimum absolute atomic E-state index is 0.0275. The summed E-state index contributed by atoms with van der Waals surface area (Å²) in [5.74, 6) is -0.508. The molecule has 2 aromatic carbocycles. The number of hydrogen-bond acceptors (Lipinski definition) is 6. The molecule has 0 saturated carbocycles. The lowest BCUT2D eigenvalue weighted by Gasteiger charge is -2.29. The van der Waals surface area contributed by atoms with E-state index in [0.29, 0.717) is 23.6 Å². The molecule has 1 fully saturated rings. The fourth-order valence-corrected chi connectivity index (χ4v) is 3.02. The van der Waals surface area contributed by atoms with Crippen LogP contribution in [0.3, 0.4) is 0 Å². The van der Waals surface area contributed by atoms with Crippen LogP contribution in [-0.2, 0) is 9.59 Å². The predicted octanol–water partition coefficient (Wildman–Crippen LogP) is 2.63. The van der Waals surface area contributed by atoms with Crippen molar-refractivity contribution in [2.24, 2.45) is 0 Å². The SMILES string of the molecule is CCOc1cc(/C=C2\C(=O)NC(=S)N(c3ccccc3OC)C2=O)ccc1O. The maximum absolute atomic E-state index is 13.1. The normalized spacial score (nSPS) is 15.6. The van der Waals surface area contributed by atoms with Crippen molar-refractivity contribution in [2.75, 3.05) is 18.6 Å². The first kappa shape index (κ1) is 19.4. The topological polar surface area (TPSA) is 88.1 Å². The summed E-state index contributed by atoms with van der Waals surface area (Å²) >= 11 is 5.20. The van der Waals surface area contributed by atoms with Gasteiger partial charge in [-0.15, -0.1) is 0 Å². The lowest BCUT2D eigenvalue weighted by atomic mass is 10.1. The number of phenols is 1. The molecule has 0 atom stereocenters. The predicted molar refractivity (Wildman–Crippen MR) is 108 cm³/mol. The van der Waals surface area contributed by atoms with Gasteiger partial charge in [-0.25, -0.2) is 4.90 Å². The molecule has 28 heavy (non-hydrogen) atoms. The highest BCUT2D eigenvalue weighted by atomic mass is 32.1. The highest BCUT2D eigenvalue weighted by Gasteiger charge is 2.35. The van der Waals surface area contributed by atoms with E-state index in [9.17, 15) is 14.7 Å². The quantitative estimate of drug-likeness (QED) is 0.457. The largest absolute Gasteiger partial charge is 0.504 e. The molecule has 0 radical (unpaired) electrons. The molecule has 0 unspecified atom stereocenters. The number of aromatic hydroxyl groups is 1. The number of nitrogens with zero attached hydrogens (tertiary/aromatic N) is 1. The molecule has 1 heterocycles. The zero-order valence-electron chi connectivity index (χ0n) is 15.3. The lowest BCUT2D eigenvalue weighted by molar-refractivity contribution is -0.122. The summed E-state index contributed by atoms with van der Waals surface area (Å²) in [6.45, 7) is 2.15. The Balaban J connectivity index is 2.03. The fourth-order valence-electron chi connectivity index (χ4n) is 2.75. The van der Waals surface area contributed by atoms with Gasteiger partial charge in [-0.05, 0) is 55.0 Å². The smallest absolute Gasteiger partial charge is 0.270 e. The van der Waals surface area contributed by atoms with Crippen LogP contribution in [0, 0.1) is 0 Å². The highest BCUT2D eigenvalue weighted by Crippen LogP contribution is 2.32. The summed E-state index contributed by atoms with van der Waals surface area (Å²) in [5, 5.41) is 12.3. The van der Waals surface area contributed by atoms with Crippen LogP contribution >= 0.6 is 12.2 Å². The summed E-state index contributed by atoms with van der Waals surface area (Å²) in [7, 11) is 1.48. The van der Waals surface area contributed by atoms with Gasteiger partial charge in [-0.1, -0.05) is 18.2 Å². The first-order valence-electron chi connectivity index (χ1n) is 8.46. The summed E-state index contributed by atoms with van der Waals surface area (Å²) in [6.07, 6.45) is 1.42. The van der Waals surface area contributed by atoms with E-state index < -0.39 is 11.8 Å². The van der Waals surface area contributed by atoms with Crippen LogP contribution in [0.5, 0.6) is 17.2 Å². The van der Waals surface area contributed by atoms with E-state index in [0.717, 1.165) is 0 Å². The molecule has 0 aromatic heterocycles. The van der Waals surface area contributed by atoms with Gasteiger partial charge in [0.05, 0.1) is 19.4 Å². The van der Waals surface area contributed by atoms with Gasteiger partial charge in [0.2, 0.25) is 0 Å². The van der Waals surface area contributed by atoms with Gasteiger partial charge in [-0.2, -0.15) is 0 Å². The van der Waals surface area contributed by atoms with Gasteiger partial charge in [0, 0.05) is 0 Å². The number of nitrogens with one attached hydrogen (secondary N) is 1. The second-order valence-corrected chi connectivity index (χ2v) is 6.18. The third-order valence-corrected chi connectivity index (χ3v) is 4.31. The average Bonchev–Trinajstić information content (AvgIpc) is 2.68. The van der Waals surface area contributed by atoms with E-state index in [4.69, 9.17) is 21.7 Å². The van der Waals surface area contributed by atoms with E-state index in [2.05, 4.69) is 5.32 Å². The number of methoxy groups -OCH3 is 1. The molecule has 1 aliphatic rings. The summed E-state index contributed by atoms with van der Waals surface area (Å²) in [5.41, 5.74) is 0.840. The molecular formula is C20H18N2O5S. The van der Waals surface area contributed by atoms with E-state index in [1.807, 2.05) is 0 Å². The number of ether oxygens (including phenoxy) is 2. The minimum atomic E-state index is -0.604. The van der Waals surface area contributed by atoms with E-state index >= 15 is 0 Å². The summed E-state index contributed by atoms with van der Waals surface area (Å²) < 4.78 is 10.6. The van der Waals surface area contributed by atoms with Crippen LogP contribution in [0.25, 0.3) is 6.08 Å². The molecule has 0 spiro atoms. The van der Waals surface area contributed by atoms with E-state index in [1.54, 1.807) is 43.3 Å². The maximum atomic E-state index is 13.1. The van der Waals surface area contributed by atoms with Crippen LogP contribution in [-0.4, -0.2) is 35.8 Å². The van der Waals surface area contributed by atoms with Crippen LogP contribution < -0.4 is 19.7 Å². The molecule has 3 rings (SSSR count). The van der Waals surface area contributed by atoms with Gasteiger partial charge in [-0.3, -0.25) is 14.9 Å². The number of anilines is 1. The monoisotopic (exact) mass is 398 g/mol. The summed E-state index contributed by atoms with van der Waals surface area (Å²) in [6, 6.07) is 11.4. The lowest BCUT2D eigenvalue weighted by Crippen LogP contribution is -2.54. The molecule has 1 aliphatic heterocycles. The van der Waals surface area contributed by atoms with Crippen molar-refractivity contribution in [3.8, 4) is 17.2 Å². The Bertz CT molecular complexity index is 986. The summed E-state index contributed by atoms with van der Waals surface area (Å²) in [4.78, 5) is 26.7. The van der Waals surface area contributed by atoms with Crippen LogP contribution in [0.2, 0.25) is 0 Å². The maximum Gasteiger partial charge on any atom is 0.270 e. The fraction of sp³-hybridized carbons (Fsp3) is 0.150. The van der Waals surface area contributed by atoms with Crippen LogP contribution in [0.15, 0.2) is 48.0 Å². The molecular weight excluding hydrogens is 380 g/mol. The second kappa shape index (κ2) is 8.10. The van der Waals surface area contributed by atoms with Crippen molar-refractivity contribution < 1.29 is 24.2 Å². The van der Waals surface area contributed by atoms with Crippen LogP contribution in [0.4, 0.5) is 5.69 Å². The Hall–Kier alpha value is -3.39. The molecule has 144 valence electrons. The number of carbonyl (C=O) groups is 2. The standard InChI is InChI=1S/C20H18N2O5S/c1-3-27-17-11-12(8-9-15(17)23)10-13-18(24)21-20(28)22(19(13)25)14-6-4-5-7-16(14)26-2/h4-11,23H,3H2,1-2H3,(H,21,24,28)/b13-10+. The number of rotatable bonds is 5. The number of amides is 2. The van der Waals surface area contributed by atoms with Crippen molar-refractivity contribution in [3.05, 3.63) is 53.6 Å². The van der Waals surface area contributed by atoms with Gasteiger partial charge >= 0.3 is 0 Å². The molecule has 1 saturated heterocycles. The highest BCUT2D eigenvalue weighted by molar-refractivity contribution is 7.80. The van der Waals surface area contributed by atoms with Crippen molar-refractivity contribution in [3.63, 3.8) is 0 Å². The van der Waals surface area contributed by atoms with Crippen molar-refractivity contribution in [1.82, 2.24) is 5.32 Å². The zero-order chi connectivity index (χ0) is 20.3. The number of thiocarbonyl (C=S) groups is 1. The second-order valence-electron chi connectivity index (χ2n) is 5.79. The van der Waals surface area contributed by atoms with Gasteiger partial charge in [0.1, 0.15) is 11.3 Å². The van der Waals surface area contributed by atoms with Gasteiger partial charge in [0.25, 0.3) is 11.8 Å². The van der Waals surface area contributed by atoms with E-state index in [-0.39, 0.29) is 22.2 Å². The molecule has 7 nitrogen and oxygen atoms in total. The van der Waals surface area contributed by atoms with Crippen molar-refractivity contribution >= 4 is 40.9 Å². The first-order chi connectivity index (χ1) is 13.5. The Labute approximate surface area is 167 Å². The molecule has 2 aromatic rings. The third kappa shape index (κ3) is 3.67. The minimum Gasteiger partial charge on any atom is -0.504 e. The first-order valence-corrected chi connectivity index (χ1v) is 8.87. The Morgan fingerprint density at radius 1 is 1.18 bits per heavy atom. The number of para-hydroxylation sites is 2. The zero-order valence-corrected chi connectivity index (χ0v) is 16.1. The average molecular weight is 398 g/mol. The van der Waals surface area contributed by atoms with E-state index in [1.165, 1.54) is 24.2 Å². The molecule has 0 aliphatic carbocycles. The third-order valence-electron chi connectivity index (χ3n) is 4.02. The Morgan fingerprint density at radius 2 is 1.93 bits per heavy atom. The molecule has 2 amide bonds. The van der Waals surface area contributed by atoms with Gasteiger partial charge < -0.3 is 14.6 Å². The van der Waals surface area contributed by atoms with Gasteiger partial charge in [0.15, 0.2) is 16.6 Å². The molecule has 2 N–H and O–H groups in total. The van der Waals surface area contributed by atoms with Crippen LogP contribution in [0.1, 0.15) is 12.5 Å². The number of benzene rings is 2. The Morgan fingerprint density at radius 3 is 2.64 bits per heavy atom. The van der Waals surface area contributed by atoms with Crippen molar-refractivity contribution in [2.45, 2.75) is 6.92 Å². The molecule has 8 heteroatoms. The number of phenolic OH excluding ortho intramolecular Hbond substituents is 1. The molecule has 0 bridgehead atoms. The number of hydrogen-bond donors (Lipinski definition) is 2.